The molecule has 3 heteroatoms. The molecule has 1 atom stereocenters. The lowest BCUT2D eigenvalue weighted by Gasteiger charge is -2.17. The summed E-state index contributed by atoms with van der Waals surface area (Å²) in [4.78, 5) is 12.9. The summed E-state index contributed by atoms with van der Waals surface area (Å²) in [5.41, 5.74) is 0. The molecule has 11 heavy (non-hydrogen) atoms. The third-order valence-corrected chi connectivity index (χ3v) is 1.37. The van der Waals surface area contributed by atoms with E-state index >= 15 is 0 Å². The number of rotatable bonds is 4. The molecule has 0 aliphatic heterocycles. The van der Waals surface area contributed by atoms with Gasteiger partial charge in [-0.2, -0.15) is 0 Å². The molecule has 1 N–H and O–H groups in total. The summed E-state index contributed by atoms with van der Waals surface area (Å²) in [5, 5.41) is 2.88. The van der Waals surface area contributed by atoms with Crippen LogP contribution in [0.25, 0.3) is 0 Å². The summed E-state index contributed by atoms with van der Waals surface area (Å²) in [6, 6.07) is 0.248. The van der Waals surface area contributed by atoms with Crippen molar-refractivity contribution < 1.29 is 4.79 Å². The van der Waals surface area contributed by atoms with Crippen molar-refractivity contribution in [3.05, 3.63) is 0 Å². The van der Waals surface area contributed by atoms with Crippen LogP contribution in [0, 0.1) is 0 Å². The maximum absolute atomic E-state index is 10.9. The van der Waals surface area contributed by atoms with Gasteiger partial charge < -0.3 is 10.2 Å². The van der Waals surface area contributed by atoms with E-state index in [1.807, 2.05) is 27.9 Å². The van der Waals surface area contributed by atoms with Crippen molar-refractivity contribution in [2.75, 3.05) is 20.6 Å². The van der Waals surface area contributed by atoms with Crippen LogP contribution >= 0.6 is 0 Å². The zero-order chi connectivity index (χ0) is 8.85. The SMILES string of the molecule is CCC(=O)NC(C)CN(C)C. The molecule has 0 spiro atoms. The van der Waals surface area contributed by atoms with E-state index in [1.54, 1.807) is 0 Å². The van der Waals surface area contributed by atoms with Crippen LogP contribution in [0.4, 0.5) is 0 Å². The van der Waals surface area contributed by atoms with Crippen LogP contribution in [0.15, 0.2) is 0 Å². The summed E-state index contributed by atoms with van der Waals surface area (Å²) in [5.74, 6) is 0.124. The Bertz CT molecular complexity index is 123. The van der Waals surface area contributed by atoms with Crippen LogP contribution in [0.5, 0.6) is 0 Å². The molecule has 0 saturated heterocycles. The van der Waals surface area contributed by atoms with E-state index in [0.29, 0.717) is 6.42 Å². The topological polar surface area (TPSA) is 32.3 Å². The Balaban J connectivity index is 3.51. The molecule has 0 aromatic heterocycles. The molecule has 3 nitrogen and oxygen atoms in total. The Morgan fingerprint density at radius 2 is 2.09 bits per heavy atom. The summed E-state index contributed by atoms with van der Waals surface area (Å²) in [6.07, 6.45) is 0.567. The summed E-state index contributed by atoms with van der Waals surface area (Å²) < 4.78 is 0. The van der Waals surface area contributed by atoms with Crippen molar-refractivity contribution >= 4 is 5.91 Å². The van der Waals surface area contributed by atoms with Gasteiger partial charge >= 0.3 is 0 Å². The van der Waals surface area contributed by atoms with Gasteiger partial charge in [-0.3, -0.25) is 4.79 Å². The number of hydrogen-bond donors (Lipinski definition) is 1. The first-order valence-electron chi connectivity index (χ1n) is 4.00. The van der Waals surface area contributed by atoms with Crippen molar-refractivity contribution in [1.82, 2.24) is 10.2 Å². The third-order valence-electron chi connectivity index (χ3n) is 1.37. The number of nitrogens with one attached hydrogen (secondary N) is 1. The van der Waals surface area contributed by atoms with Crippen molar-refractivity contribution in [2.24, 2.45) is 0 Å². The van der Waals surface area contributed by atoms with E-state index in [-0.39, 0.29) is 11.9 Å². The minimum Gasteiger partial charge on any atom is -0.352 e. The zero-order valence-corrected chi connectivity index (χ0v) is 7.85. The van der Waals surface area contributed by atoms with E-state index < -0.39 is 0 Å². The summed E-state index contributed by atoms with van der Waals surface area (Å²) in [6.45, 7) is 4.76. The molecule has 1 unspecified atom stereocenters. The lowest BCUT2D eigenvalue weighted by molar-refractivity contribution is -0.121. The van der Waals surface area contributed by atoms with E-state index in [9.17, 15) is 4.79 Å². The fourth-order valence-corrected chi connectivity index (χ4v) is 0.970. The Hall–Kier alpha value is -0.570. The second-order valence-corrected chi connectivity index (χ2v) is 3.08. The van der Waals surface area contributed by atoms with Gasteiger partial charge in [0.15, 0.2) is 0 Å². The van der Waals surface area contributed by atoms with Crippen molar-refractivity contribution in [1.29, 1.82) is 0 Å². The highest BCUT2D eigenvalue weighted by Gasteiger charge is 2.04. The average Bonchev–Trinajstić information content (AvgIpc) is 1.85. The fraction of sp³-hybridized carbons (Fsp3) is 0.875. The highest BCUT2D eigenvalue weighted by Crippen LogP contribution is 1.86. The molecule has 66 valence electrons. The van der Waals surface area contributed by atoms with Crippen molar-refractivity contribution in [2.45, 2.75) is 26.3 Å². The molecule has 0 aromatic rings. The molecule has 0 saturated carbocycles. The summed E-state index contributed by atoms with van der Waals surface area (Å²) in [7, 11) is 3.99. The Morgan fingerprint density at radius 1 is 1.55 bits per heavy atom. The van der Waals surface area contributed by atoms with Gasteiger partial charge in [0.1, 0.15) is 0 Å². The quantitative estimate of drug-likeness (QED) is 0.644. The lowest BCUT2D eigenvalue weighted by Crippen LogP contribution is -2.39. The first-order chi connectivity index (χ1) is 5.06. The molecular weight excluding hydrogens is 140 g/mol. The van der Waals surface area contributed by atoms with E-state index in [2.05, 4.69) is 10.2 Å². The summed E-state index contributed by atoms with van der Waals surface area (Å²) >= 11 is 0. The molecular formula is C8H18N2O. The number of amides is 1. The van der Waals surface area contributed by atoms with Gasteiger partial charge in [0, 0.05) is 19.0 Å². The number of nitrogens with zero attached hydrogens (tertiary/aromatic N) is 1. The van der Waals surface area contributed by atoms with E-state index in [0.717, 1.165) is 6.54 Å². The van der Waals surface area contributed by atoms with Crippen LogP contribution < -0.4 is 5.32 Å². The van der Waals surface area contributed by atoms with Crippen LogP contribution in [0.2, 0.25) is 0 Å². The van der Waals surface area contributed by atoms with Gasteiger partial charge in [-0.25, -0.2) is 0 Å². The smallest absolute Gasteiger partial charge is 0.219 e. The minimum atomic E-state index is 0.124. The van der Waals surface area contributed by atoms with Gasteiger partial charge in [0.05, 0.1) is 0 Å². The van der Waals surface area contributed by atoms with E-state index in [1.165, 1.54) is 0 Å². The normalized spacial score (nSPS) is 13.2. The van der Waals surface area contributed by atoms with Crippen molar-refractivity contribution in [3.8, 4) is 0 Å². The predicted octanol–water partition coefficient (Wildman–Crippen LogP) is 0.463. The fourth-order valence-electron chi connectivity index (χ4n) is 0.970. The molecule has 0 aromatic carbocycles. The van der Waals surface area contributed by atoms with Gasteiger partial charge in [0.2, 0.25) is 5.91 Å². The average molecular weight is 158 g/mol. The van der Waals surface area contributed by atoms with Crippen molar-refractivity contribution in [3.63, 3.8) is 0 Å². The maximum atomic E-state index is 10.9. The largest absolute Gasteiger partial charge is 0.352 e. The lowest BCUT2D eigenvalue weighted by atomic mass is 10.3. The number of carbonyl (C=O) groups excluding carboxylic acids is 1. The second kappa shape index (κ2) is 5.13. The Kier molecular flexibility index (Phi) is 4.86. The van der Waals surface area contributed by atoms with Crippen LogP contribution in [0.3, 0.4) is 0 Å². The van der Waals surface area contributed by atoms with Gasteiger partial charge in [-0.15, -0.1) is 0 Å². The van der Waals surface area contributed by atoms with Gasteiger partial charge in [0.25, 0.3) is 0 Å². The standard InChI is InChI=1S/C8H18N2O/c1-5-8(11)9-7(2)6-10(3)4/h7H,5-6H2,1-4H3,(H,9,11). The molecule has 0 bridgehead atoms. The zero-order valence-electron chi connectivity index (χ0n) is 7.85. The molecule has 0 radical (unpaired) electrons. The first kappa shape index (κ1) is 10.4. The molecule has 0 heterocycles. The highest BCUT2D eigenvalue weighted by molar-refractivity contribution is 5.75. The molecule has 1 amide bonds. The predicted molar refractivity (Wildman–Crippen MR) is 46.4 cm³/mol. The number of carbonyl (C=O) groups is 1. The third kappa shape index (κ3) is 5.85. The Morgan fingerprint density at radius 3 is 2.45 bits per heavy atom. The number of likely N-dealkylation sites (N-methyl/N-ethyl adjacent to an activating group) is 1. The van der Waals surface area contributed by atoms with Crippen LogP contribution in [-0.4, -0.2) is 37.5 Å². The van der Waals surface area contributed by atoms with Crippen LogP contribution in [-0.2, 0) is 4.79 Å². The Labute approximate surface area is 68.8 Å². The molecule has 0 aliphatic rings. The highest BCUT2D eigenvalue weighted by atomic mass is 16.1. The minimum absolute atomic E-state index is 0.124. The monoisotopic (exact) mass is 158 g/mol. The number of hydrogen-bond acceptors (Lipinski definition) is 2. The second-order valence-electron chi connectivity index (χ2n) is 3.08. The van der Waals surface area contributed by atoms with Gasteiger partial charge in [-0.1, -0.05) is 6.92 Å². The van der Waals surface area contributed by atoms with Gasteiger partial charge in [-0.05, 0) is 21.0 Å². The van der Waals surface area contributed by atoms with E-state index in [4.69, 9.17) is 0 Å². The molecule has 0 aliphatic carbocycles. The van der Waals surface area contributed by atoms with Crippen LogP contribution in [0.1, 0.15) is 20.3 Å². The molecule has 0 fully saturated rings. The molecule has 0 rings (SSSR count). The first-order valence-corrected chi connectivity index (χ1v) is 4.00. The maximum Gasteiger partial charge on any atom is 0.219 e.